The van der Waals surface area contributed by atoms with Crippen molar-refractivity contribution in [2.24, 2.45) is 0 Å². The third-order valence-corrected chi connectivity index (χ3v) is 16.7. The van der Waals surface area contributed by atoms with Gasteiger partial charge in [-0.25, -0.2) is 15.0 Å². The molecule has 9 heteroatoms. The predicted molar refractivity (Wildman–Crippen MR) is 345 cm³/mol. The summed E-state index contributed by atoms with van der Waals surface area (Å²) < 4.78 is 50.3. The SMILES string of the molecule is Cc1cc(-c2ccc3c(c2)c2ccccc2n3-c2c(-c3ccc(-n4c5ccccc5c5ccccc54)cc3)cc(-c3nc(-c4ccccc4)nc(-c4ccccc4)n3)cc2-c2ccc(-n3c4ccccc4c4ccccc43)cc2)cc(C(F)(F)F)c1. The van der Waals surface area contributed by atoms with E-state index in [1.54, 1.807) is 6.92 Å². The summed E-state index contributed by atoms with van der Waals surface area (Å²) in [7, 11) is 0. The molecule has 0 aliphatic rings. The highest BCUT2D eigenvalue weighted by molar-refractivity contribution is 6.13. The van der Waals surface area contributed by atoms with Crippen LogP contribution in [0.3, 0.4) is 0 Å². The Morgan fingerprint density at radius 2 is 0.640 bits per heavy atom. The van der Waals surface area contributed by atoms with Crippen molar-refractivity contribution in [3.63, 3.8) is 0 Å². The fraction of sp³-hybridized carbons (Fsp3) is 0.0260. The van der Waals surface area contributed by atoms with Crippen LogP contribution in [0, 0.1) is 6.92 Å². The lowest BCUT2D eigenvalue weighted by Crippen LogP contribution is -2.05. The topological polar surface area (TPSA) is 53.5 Å². The quantitative estimate of drug-likeness (QED) is 0.145. The molecule has 86 heavy (non-hydrogen) atoms. The minimum Gasteiger partial charge on any atom is -0.309 e. The van der Waals surface area contributed by atoms with Crippen molar-refractivity contribution in [3.05, 3.63) is 290 Å². The van der Waals surface area contributed by atoms with Crippen molar-refractivity contribution < 1.29 is 13.2 Å². The molecule has 408 valence electrons. The Balaban J connectivity index is 0.991. The summed E-state index contributed by atoms with van der Waals surface area (Å²) in [5, 5.41) is 6.56. The molecule has 0 spiro atoms. The van der Waals surface area contributed by atoms with Gasteiger partial charge in [0.25, 0.3) is 0 Å². The minimum absolute atomic E-state index is 0.496. The molecular weight excluding hydrogens is 1070 g/mol. The number of aromatic nitrogens is 6. The Labute approximate surface area is 492 Å². The number of alkyl halides is 3. The fourth-order valence-corrected chi connectivity index (χ4v) is 12.9. The summed E-state index contributed by atoms with van der Waals surface area (Å²) in [6, 6.07) is 94.8. The molecule has 0 unspecified atom stereocenters. The van der Waals surface area contributed by atoms with Gasteiger partial charge in [0.15, 0.2) is 17.5 Å². The third kappa shape index (κ3) is 8.46. The van der Waals surface area contributed by atoms with E-state index in [9.17, 15) is 13.2 Å². The summed E-state index contributed by atoms with van der Waals surface area (Å²) in [5.74, 6) is 1.59. The summed E-state index contributed by atoms with van der Waals surface area (Å²) in [6.45, 7) is 1.71. The normalized spacial score (nSPS) is 12.0. The maximum Gasteiger partial charge on any atom is 0.416 e. The fourth-order valence-electron chi connectivity index (χ4n) is 12.9. The minimum atomic E-state index is -4.50. The van der Waals surface area contributed by atoms with Crippen LogP contribution < -0.4 is 0 Å². The first-order valence-corrected chi connectivity index (χ1v) is 28.6. The molecule has 12 aromatic carbocycles. The van der Waals surface area contributed by atoms with Crippen LogP contribution in [0.25, 0.3) is 150 Å². The first kappa shape index (κ1) is 50.6. The second kappa shape index (κ2) is 20.0. The highest BCUT2D eigenvalue weighted by Gasteiger charge is 2.31. The van der Waals surface area contributed by atoms with Gasteiger partial charge in [0.1, 0.15) is 0 Å². The molecule has 0 amide bonds. The predicted octanol–water partition coefficient (Wildman–Crippen LogP) is 20.5. The third-order valence-electron chi connectivity index (χ3n) is 16.7. The van der Waals surface area contributed by atoms with Gasteiger partial charge in [-0.1, -0.05) is 188 Å². The van der Waals surface area contributed by atoms with Gasteiger partial charge in [0, 0.05) is 71.5 Å². The molecule has 6 nitrogen and oxygen atoms in total. The van der Waals surface area contributed by atoms with E-state index in [1.165, 1.54) is 33.7 Å². The van der Waals surface area contributed by atoms with E-state index < -0.39 is 11.7 Å². The van der Waals surface area contributed by atoms with Crippen LogP contribution in [0.4, 0.5) is 13.2 Å². The number of nitrogens with zero attached hydrogens (tertiary/aromatic N) is 6. The van der Waals surface area contributed by atoms with E-state index in [4.69, 9.17) is 15.0 Å². The molecule has 16 rings (SSSR count). The summed E-state index contributed by atoms with van der Waals surface area (Å²) in [6.07, 6.45) is -4.50. The van der Waals surface area contributed by atoms with Gasteiger partial charge >= 0.3 is 6.18 Å². The van der Waals surface area contributed by atoms with E-state index in [0.717, 1.165) is 99.9 Å². The van der Waals surface area contributed by atoms with Crippen LogP contribution in [0.2, 0.25) is 0 Å². The van der Waals surface area contributed by atoms with Gasteiger partial charge in [-0.05, 0) is 126 Å². The number of rotatable bonds is 9. The lowest BCUT2D eigenvalue weighted by Gasteiger charge is -2.22. The van der Waals surface area contributed by atoms with E-state index in [1.807, 2.05) is 91.0 Å². The lowest BCUT2D eigenvalue weighted by atomic mass is 9.92. The second-order valence-corrected chi connectivity index (χ2v) is 22.0. The number of fused-ring (bicyclic) bond motifs is 9. The average Bonchev–Trinajstić information content (AvgIpc) is 1.69. The standard InChI is InChI=1S/C77H49F3N6/c1-48-42-54(44-56(43-48)77(78,79)80)53-36-41-72-66(45-53)63-26-12-17-31-71(63)86(72)73-64(49-32-37-57(38-33-49)84-67-27-13-8-22-59(67)60-23-9-14-28-68(60)84)46-55(76-82-74(51-18-4-2-5-19-51)81-75(83-76)52-20-6-3-7-21-52)47-65(73)50-34-39-58(40-35-50)85-69-29-15-10-24-61(69)62-25-11-16-30-70(62)85/h2-47H,1H3. The summed E-state index contributed by atoms with van der Waals surface area (Å²) in [4.78, 5) is 15.8. The smallest absolute Gasteiger partial charge is 0.309 e. The first-order valence-electron chi connectivity index (χ1n) is 28.6. The van der Waals surface area contributed by atoms with Crippen LogP contribution in [0.1, 0.15) is 11.1 Å². The Morgan fingerprint density at radius 3 is 1.07 bits per heavy atom. The number of aryl methyl sites for hydroxylation is 1. The zero-order valence-corrected chi connectivity index (χ0v) is 46.4. The van der Waals surface area contributed by atoms with E-state index >= 15 is 0 Å². The van der Waals surface area contributed by atoms with Crippen LogP contribution in [0.15, 0.2) is 279 Å². The number of hydrogen-bond acceptors (Lipinski definition) is 3. The Morgan fingerprint density at radius 1 is 0.279 bits per heavy atom. The molecule has 0 radical (unpaired) electrons. The lowest BCUT2D eigenvalue weighted by molar-refractivity contribution is -0.137. The molecule has 16 aromatic rings. The maximum absolute atomic E-state index is 14.4. The van der Waals surface area contributed by atoms with E-state index in [0.29, 0.717) is 34.2 Å². The number of benzene rings is 12. The van der Waals surface area contributed by atoms with Crippen LogP contribution in [-0.2, 0) is 6.18 Å². The summed E-state index contributed by atoms with van der Waals surface area (Å²) >= 11 is 0. The molecule has 0 aliphatic heterocycles. The number of halogens is 3. The molecule has 0 atom stereocenters. The van der Waals surface area contributed by atoms with Crippen molar-refractivity contribution >= 4 is 65.4 Å². The molecule has 4 heterocycles. The molecule has 4 aromatic heterocycles. The van der Waals surface area contributed by atoms with Gasteiger partial charge in [0.05, 0.1) is 44.4 Å². The second-order valence-electron chi connectivity index (χ2n) is 22.0. The van der Waals surface area contributed by atoms with E-state index in [2.05, 4.69) is 190 Å². The largest absolute Gasteiger partial charge is 0.416 e. The number of para-hydroxylation sites is 5. The van der Waals surface area contributed by atoms with Crippen molar-refractivity contribution in [1.82, 2.24) is 28.7 Å². The summed E-state index contributed by atoms with van der Waals surface area (Å²) in [5.41, 5.74) is 16.4. The molecule has 0 bridgehead atoms. The first-order chi connectivity index (χ1) is 42.2. The zero-order valence-electron chi connectivity index (χ0n) is 46.4. The van der Waals surface area contributed by atoms with Crippen molar-refractivity contribution in [2.45, 2.75) is 13.1 Å². The van der Waals surface area contributed by atoms with Crippen molar-refractivity contribution in [1.29, 1.82) is 0 Å². The molecule has 0 fully saturated rings. The Hall–Kier alpha value is -11.2. The number of hydrogen-bond donors (Lipinski definition) is 0. The highest BCUT2D eigenvalue weighted by Crippen LogP contribution is 2.46. The van der Waals surface area contributed by atoms with Gasteiger partial charge in [0.2, 0.25) is 0 Å². The van der Waals surface area contributed by atoms with E-state index in [-0.39, 0.29) is 0 Å². The monoisotopic (exact) mass is 1110 g/mol. The zero-order chi connectivity index (χ0) is 57.6. The molecular formula is C77H49F3N6. The van der Waals surface area contributed by atoms with Crippen molar-refractivity contribution in [3.8, 4) is 84.6 Å². The van der Waals surface area contributed by atoms with Gasteiger partial charge < -0.3 is 13.7 Å². The highest BCUT2D eigenvalue weighted by atomic mass is 19.4. The molecule has 0 saturated carbocycles. The van der Waals surface area contributed by atoms with Crippen molar-refractivity contribution in [2.75, 3.05) is 0 Å². The molecule has 0 saturated heterocycles. The molecule has 0 N–H and O–H groups in total. The van der Waals surface area contributed by atoms with Crippen LogP contribution >= 0.6 is 0 Å². The Bertz CT molecular complexity index is 4990. The van der Waals surface area contributed by atoms with Gasteiger partial charge in [-0.3, -0.25) is 0 Å². The van der Waals surface area contributed by atoms with Crippen LogP contribution in [-0.4, -0.2) is 28.7 Å². The van der Waals surface area contributed by atoms with Crippen LogP contribution in [0.5, 0.6) is 0 Å². The maximum atomic E-state index is 14.4. The Kier molecular flexibility index (Phi) is 11.8. The average molecular weight is 1120 g/mol. The van der Waals surface area contributed by atoms with Gasteiger partial charge in [-0.15, -0.1) is 0 Å². The van der Waals surface area contributed by atoms with Gasteiger partial charge in [-0.2, -0.15) is 13.2 Å². The molecule has 0 aliphatic carbocycles.